The van der Waals surface area contributed by atoms with Crippen LogP contribution in [0.3, 0.4) is 0 Å². The molecule has 3 aliphatic rings. The van der Waals surface area contributed by atoms with Crippen LogP contribution in [0.2, 0.25) is 0 Å². The van der Waals surface area contributed by atoms with E-state index in [4.69, 9.17) is 15.0 Å². The Morgan fingerprint density at radius 1 is 1.00 bits per heavy atom. The van der Waals surface area contributed by atoms with Crippen LogP contribution in [0.25, 0.3) is 22.3 Å². The molecule has 3 fully saturated rings. The van der Waals surface area contributed by atoms with Gasteiger partial charge in [0.05, 0.1) is 17.4 Å². The van der Waals surface area contributed by atoms with Gasteiger partial charge in [0.1, 0.15) is 11.6 Å². The molecule has 1 unspecified atom stereocenters. The van der Waals surface area contributed by atoms with Gasteiger partial charge < -0.3 is 10.2 Å². The van der Waals surface area contributed by atoms with Crippen LogP contribution in [0.4, 0.5) is 16.8 Å². The second-order valence-electron chi connectivity index (χ2n) is 12.0. The molecular formula is C30H35N7S. The topological polar surface area (TPSA) is 79.7 Å². The fourth-order valence-electron chi connectivity index (χ4n) is 6.18. The number of fused-ring (bicyclic) bond motifs is 1. The third-order valence-electron chi connectivity index (χ3n) is 8.66. The van der Waals surface area contributed by atoms with E-state index < -0.39 is 0 Å². The van der Waals surface area contributed by atoms with Crippen LogP contribution in [0.1, 0.15) is 88.3 Å². The van der Waals surface area contributed by atoms with Gasteiger partial charge in [0, 0.05) is 47.7 Å². The molecule has 7 rings (SSSR count). The van der Waals surface area contributed by atoms with E-state index in [9.17, 15) is 0 Å². The summed E-state index contributed by atoms with van der Waals surface area (Å²) in [4.78, 5) is 26.7. The SMILES string of the molecule is CN(c1nc(-c2ccnc(Nc3nc(C4CC4)cs3)c2)nc2cncc(C3CC3)c12)C1CCCCC1(C)C. The lowest BCUT2D eigenvalue weighted by Crippen LogP contribution is -2.45. The summed E-state index contributed by atoms with van der Waals surface area (Å²) in [6.45, 7) is 4.82. The van der Waals surface area contributed by atoms with Crippen LogP contribution in [-0.4, -0.2) is 38.0 Å². The summed E-state index contributed by atoms with van der Waals surface area (Å²) < 4.78 is 0. The molecule has 196 valence electrons. The van der Waals surface area contributed by atoms with Crippen molar-refractivity contribution in [3.63, 3.8) is 0 Å². The van der Waals surface area contributed by atoms with Crippen LogP contribution in [0, 0.1) is 5.41 Å². The highest BCUT2D eigenvalue weighted by atomic mass is 32.1. The lowest BCUT2D eigenvalue weighted by Gasteiger charge is -2.44. The molecule has 7 nitrogen and oxygen atoms in total. The van der Waals surface area contributed by atoms with Crippen molar-refractivity contribution in [1.29, 1.82) is 0 Å². The normalized spacial score (nSPS) is 21.0. The Morgan fingerprint density at radius 3 is 2.63 bits per heavy atom. The molecule has 0 aromatic carbocycles. The van der Waals surface area contributed by atoms with Crippen molar-refractivity contribution in [2.45, 2.75) is 83.1 Å². The van der Waals surface area contributed by atoms with Gasteiger partial charge in [-0.1, -0.05) is 26.7 Å². The molecular weight excluding hydrogens is 490 g/mol. The first-order valence-electron chi connectivity index (χ1n) is 14.0. The van der Waals surface area contributed by atoms with E-state index >= 15 is 0 Å². The van der Waals surface area contributed by atoms with E-state index in [0.29, 0.717) is 23.7 Å². The average Bonchev–Trinajstić information content (AvgIpc) is 3.86. The number of pyridine rings is 2. The first-order chi connectivity index (χ1) is 18.5. The zero-order valence-corrected chi connectivity index (χ0v) is 23.3. The molecule has 4 aromatic heterocycles. The third kappa shape index (κ3) is 4.53. The third-order valence-corrected chi connectivity index (χ3v) is 9.43. The maximum Gasteiger partial charge on any atom is 0.188 e. The molecule has 8 heteroatoms. The van der Waals surface area contributed by atoms with Crippen molar-refractivity contribution in [1.82, 2.24) is 24.9 Å². The van der Waals surface area contributed by atoms with E-state index in [1.165, 1.54) is 68.0 Å². The van der Waals surface area contributed by atoms with Gasteiger partial charge >= 0.3 is 0 Å². The monoisotopic (exact) mass is 525 g/mol. The summed E-state index contributed by atoms with van der Waals surface area (Å²) in [7, 11) is 2.24. The summed E-state index contributed by atoms with van der Waals surface area (Å²) >= 11 is 1.64. The van der Waals surface area contributed by atoms with Crippen molar-refractivity contribution >= 4 is 39.0 Å². The molecule has 0 aliphatic heterocycles. The molecule has 3 aliphatic carbocycles. The van der Waals surface area contributed by atoms with Gasteiger partial charge in [0.2, 0.25) is 0 Å². The fraction of sp³-hybridized carbons (Fsp3) is 0.500. The molecule has 0 amide bonds. The van der Waals surface area contributed by atoms with Crippen molar-refractivity contribution in [3.8, 4) is 11.4 Å². The Hall–Kier alpha value is -3.13. The number of thiazole rings is 1. The van der Waals surface area contributed by atoms with Crippen LogP contribution >= 0.6 is 11.3 Å². The standard InChI is InChI=1S/C30H35N7S/c1-30(2)12-5-4-6-24(30)37(3)28-26-21(18-7-8-18)15-31-16-22(26)33-27(36-28)20-11-13-32-25(14-20)35-29-34-23(17-38-29)19-9-10-19/h11,13-19,24H,4-10,12H2,1-3H3,(H,32,34,35). The largest absolute Gasteiger partial charge is 0.356 e. The number of rotatable bonds is 7. The first kappa shape index (κ1) is 23.9. The predicted molar refractivity (Wildman–Crippen MR) is 154 cm³/mol. The molecule has 0 bridgehead atoms. The number of hydrogen-bond donors (Lipinski definition) is 1. The van der Waals surface area contributed by atoms with Crippen molar-refractivity contribution < 1.29 is 0 Å². The molecule has 3 saturated carbocycles. The Labute approximate surface area is 228 Å². The summed E-state index contributed by atoms with van der Waals surface area (Å²) in [6.07, 6.45) is 15.7. The zero-order valence-electron chi connectivity index (χ0n) is 22.4. The minimum absolute atomic E-state index is 0.234. The number of anilines is 3. The van der Waals surface area contributed by atoms with Crippen LogP contribution in [0.15, 0.2) is 36.1 Å². The number of nitrogens with one attached hydrogen (secondary N) is 1. The maximum atomic E-state index is 5.28. The lowest BCUT2D eigenvalue weighted by atomic mass is 9.72. The molecule has 0 spiro atoms. The molecule has 38 heavy (non-hydrogen) atoms. The molecule has 4 aromatic rings. The smallest absolute Gasteiger partial charge is 0.188 e. The second kappa shape index (κ2) is 9.26. The van der Waals surface area contributed by atoms with E-state index in [-0.39, 0.29) is 5.41 Å². The maximum absolute atomic E-state index is 5.28. The van der Waals surface area contributed by atoms with Gasteiger partial charge in [0.25, 0.3) is 0 Å². The van der Waals surface area contributed by atoms with Crippen molar-refractivity contribution in [3.05, 3.63) is 47.4 Å². The number of aromatic nitrogens is 5. The van der Waals surface area contributed by atoms with Gasteiger partial charge in [-0.3, -0.25) is 4.98 Å². The lowest BCUT2D eigenvalue weighted by molar-refractivity contribution is 0.196. The van der Waals surface area contributed by atoms with Crippen molar-refractivity contribution in [2.75, 3.05) is 17.3 Å². The van der Waals surface area contributed by atoms with Gasteiger partial charge in [-0.2, -0.15) is 0 Å². The first-order valence-corrected chi connectivity index (χ1v) is 14.9. The highest BCUT2D eigenvalue weighted by Gasteiger charge is 2.37. The van der Waals surface area contributed by atoms with Gasteiger partial charge in [0.15, 0.2) is 11.0 Å². The zero-order chi connectivity index (χ0) is 25.9. The van der Waals surface area contributed by atoms with E-state index in [1.54, 1.807) is 11.3 Å². The molecule has 4 heterocycles. The van der Waals surface area contributed by atoms with Gasteiger partial charge in [-0.15, -0.1) is 11.3 Å². The summed E-state index contributed by atoms with van der Waals surface area (Å²) in [5.41, 5.74) is 4.60. The van der Waals surface area contributed by atoms with E-state index in [1.807, 2.05) is 30.7 Å². The summed E-state index contributed by atoms with van der Waals surface area (Å²) in [6, 6.07) is 4.46. The highest BCUT2D eigenvalue weighted by molar-refractivity contribution is 7.13. The minimum Gasteiger partial charge on any atom is -0.356 e. The minimum atomic E-state index is 0.234. The number of hydrogen-bond acceptors (Lipinski definition) is 8. The summed E-state index contributed by atoms with van der Waals surface area (Å²) in [5, 5.41) is 7.63. The van der Waals surface area contributed by atoms with Gasteiger partial charge in [-0.25, -0.2) is 19.9 Å². The quantitative estimate of drug-likeness (QED) is 0.268. The van der Waals surface area contributed by atoms with Crippen LogP contribution in [0.5, 0.6) is 0 Å². The van der Waals surface area contributed by atoms with E-state index in [0.717, 1.165) is 27.8 Å². The fourth-order valence-corrected chi connectivity index (χ4v) is 6.98. The van der Waals surface area contributed by atoms with Crippen LogP contribution < -0.4 is 10.2 Å². The Balaban J connectivity index is 1.29. The van der Waals surface area contributed by atoms with E-state index in [2.05, 4.69) is 46.5 Å². The highest BCUT2D eigenvalue weighted by Crippen LogP contribution is 2.47. The Morgan fingerprint density at radius 2 is 1.84 bits per heavy atom. The molecule has 1 atom stereocenters. The van der Waals surface area contributed by atoms with Gasteiger partial charge in [-0.05, 0) is 67.6 Å². The van der Waals surface area contributed by atoms with Crippen LogP contribution in [-0.2, 0) is 0 Å². The molecule has 1 N–H and O–H groups in total. The Kier molecular flexibility index (Phi) is 5.83. The Bertz CT molecular complexity index is 1490. The second-order valence-corrected chi connectivity index (χ2v) is 12.9. The van der Waals surface area contributed by atoms with Crippen molar-refractivity contribution in [2.24, 2.45) is 5.41 Å². The summed E-state index contributed by atoms with van der Waals surface area (Å²) in [5.74, 6) is 3.73. The predicted octanol–water partition coefficient (Wildman–Crippen LogP) is 7.45. The molecule has 0 radical (unpaired) electrons. The molecule has 0 saturated heterocycles. The average molecular weight is 526 g/mol. The number of nitrogens with zero attached hydrogens (tertiary/aromatic N) is 6.